The Bertz CT molecular complexity index is 694. The molecule has 4 nitrogen and oxygen atoms in total. The van der Waals surface area contributed by atoms with E-state index in [1.807, 2.05) is 36.4 Å². The van der Waals surface area contributed by atoms with Gasteiger partial charge >= 0.3 is 0 Å². The van der Waals surface area contributed by atoms with Gasteiger partial charge in [-0.1, -0.05) is 49.7 Å². The van der Waals surface area contributed by atoms with Gasteiger partial charge in [0.05, 0.1) is 0 Å². The van der Waals surface area contributed by atoms with E-state index >= 15 is 0 Å². The Balaban J connectivity index is 1.78. The van der Waals surface area contributed by atoms with E-state index in [2.05, 4.69) is 24.5 Å². The molecule has 0 spiro atoms. The lowest BCUT2D eigenvalue weighted by Gasteiger charge is -2.09. The van der Waals surface area contributed by atoms with Gasteiger partial charge in [-0.05, 0) is 41.3 Å². The van der Waals surface area contributed by atoms with Crippen molar-refractivity contribution in [2.24, 2.45) is 0 Å². The number of carbonyl (C=O) groups excluding carboxylic acids is 2. The fourth-order valence-electron chi connectivity index (χ4n) is 2.17. The number of hydrogen-bond donors (Lipinski definition) is 2. The van der Waals surface area contributed by atoms with E-state index in [1.165, 1.54) is 5.56 Å². The van der Waals surface area contributed by atoms with Crippen LogP contribution in [0.5, 0.6) is 0 Å². The molecule has 0 bridgehead atoms. The van der Waals surface area contributed by atoms with Crippen molar-refractivity contribution >= 4 is 29.1 Å². The first-order valence-corrected chi connectivity index (χ1v) is 8.23. The van der Waals surface area contributed by atoms with Crippen LogP contribution in [-0.2, 0) is 16.1 Å². The molecule has 0 aliphatic carbocycles. The third-order valence-corrected chi connectivity index (χ3v) is 3.84. The van der Waals surface area contributed by atoms with E-state index < -0.39 is 0 Å². The van der Waals surface area contributed by atoms with Crippen LogP contribution in [0.3, 0.4) is 0 Å². The third-order valence-electron chi connectivity index (χ3n) is 3.59. The summed E-state index contributed by atoms with van der Waals surface area (Å²) >= 11 is 5.81. The largest absolute Gasteiger partial charge is 0.352 e. The maximum Gasteiger partial charge on any atom is 0.233 e. The van der Waals surface area contributed by atoms with Crippen molar-refractivity contribution in [2.75, 3.05) is 5.32 Å². The first kappa shape index (κ1) is 18.0. The van der Waals surface area contributed by atoms with Gasteiger partial charge in [0.2, 0.25) is 11.8 Å². The van der Waals surface area contributed by atoms with Crippen molar-refractivity contribution in [3.05, 3.63) is 64.7 Å². The van der Waals surface area contributed by atoms with Gasteiger partial charge in [0.1, 0.15) is 6.42 Å². The van der Waals surface area contributed by atoms with E-state index in [9.17, 15) is 9.59 Å². The molecule has 0 atom stereocenters. The van der Waals surface area contributed by atoms with Gasteiger partial charge in [-0.15, -0.1) is 0 Å². The van der Waals surface area contributed by atoms with Gasteiger partial charge in [-0.2, -0.15) is 0 Å². The second kappa shape index (κ2) is 8.50. The minimum absolute atomic E-state index is 0.209. The van der Waals surface area contributed by atoms with Gasteiger partial charge in [-0.3, -0.25) is 9.59 Å². The lowest BCUT2D eigenvalue weighted by atomic mass is 10.0. The molecule has 0 fully saturated rings. The minimum Gasteiger partial charge on any atom is -0.352 e. The Labute approximate surface area is 147 Å². The Morgan fingerprint density at radius 1 is 0.958 bits per heavy atom. The van der Waals surface area contributed by atoms with Crippen molar-refractivity contribution in [3.8, 4) is 0 Å². The summed E-state index contributed by atoms with van der Waals surface area (Å²) in [5.74, 6) is -0.212. The highest BCUT2D eigenvalue weighted by atomic mass is 35.5. The summed E-state index contributed by atoms with van der Waals surface area (Å²) in [4.78, 5) is 23.7. The smallest absolute Gasteiger partial charge is 0.233 e. The number of hydrogen-bond acceptors (Lipinski definition) is 2. The van der Waals surface area contributed by atoms with Crippen LogP contribution in [0.2, 0.25) is 5.02 Å². The zero-order chi connectivity index (χ0) is 17.5. The average molecular weight is 345 g/mol. The van der Waals surface area contributed by atoms with Crippen LogP contribution < -0.4 is 10.6 Å². The molecule has 0 aliphatic rings. The van der Waals surface area contributed by atoms with Crippen molar-refractivity contribution in [2.45, 2.75) is 32.7 Å². The first-order valence-electron chi connectivity index (χ1n) is 7.85. The highest BCUT2D eigenvalue weighted by Crippen LogP contribution is 2.17. The molecular weight excluding hydrogens is 324 g/mol. The van der Waals surface area contributed by atoms with E-state index in [1.54, 1.807) is 12.1 Å². The second-order valence-electron chi connectivity index (χ2n) is 5.90. The summed E-state index contributed by atoms with van der Waals surface area (Å²) in [6.07, 6.45) is -0.209. The molecule has 0 radical (unpaired) electrons. The van der Waals surface area contributed by atoms with E-state index in [4.69, 9.17) is 11.6 Å². The Morgan fingerprint density at radius 3 is 2.17 bits per heavy atom. The van der Waals surface area contributed by atoms with Crippen molar-refractivity contribution in [1.29, 1.82) is 0 Å². The molecule has 0 aromatic heterocycles. The summed E-state index contributed by atoms with van der Waals surface area (Å²) in [6.45, 7) is 4.59. The van der Waals surface area contributed by atoms with Gasteiger partial charge in [0.15, 0.2) is 0 Å². The molecule has 2 aromatic carbocycles. The highest BCUT2D eigenvalue weighted by molar-refractivity contribution is 6.30. The molecule has 2 amide bonds. The van der Waals surface area contributed by atoms with Gasteiger partial charge in [0.25, 0.3) is 0 Å². The van der Waals surface area contributed by atoms with Crippen LogP contribution in [0.1, 0.15) is 37.3 Å². The topological polar surface area (TPSA) is 58.2 Å². The van der Waals surface area contributed by atoms with Gasteiger partial charge in [0, 0.05) is 17.3 Å². The molecule has 0 heterocycles. The molecule has 2 rings (SSSR count). The molecule has 0 saturated heterocycles. The number of carbonyl (C=O) groups is 2. The standard InChI is InChI=1S/C19H21ClN2O2/c1-13(2)15-5-9-17(10-6-15)22-19(24)11-18(23)21-12-14-3-7-16(20)8-4-14/h3-10,13H,11-12H2,1-2H3,(H,21,23)(H,22,24). The fraction of sp³-hybridized carbons (Fsp3) is 0.263. The molecular formula is C19H21ClN2O2. The monoisotopic (exact) mass is 344 g/mol. The predicted octanol–water partition coefficient (Wildman–Crippen LogP) is 4.11. The van der Waals surface area contributed by atoms with E-state index in [-0.39, 0.29) is 18.2 Å². The number of nitrogens with one attached hydrogen (secondary N) is 2. The molecule has 2 N–H and O–H groups in total. The summed E-state index contributed by atoms with van der Waals surface area (Å²) in [5.41, 5.74) is 2.82. The highest BCUT2D eigenvalue weighted by Gasteiger charge is 2.10. The van der Waals surface area contributed by atoms with Crippen LogP contribution >= 0.6 is 11.6 Å². The number of benzene rings is 2. The molecule has 0 aliphatic heterocycles. The Hall–Kier alpha value is -2.33. The SMILES string of the molecule is CC(C)c1ccc(NC(=O)CC(=O)NCc2ccc(Cl)cc2)cc1. The summed E-state index contributed by atoms with van der Waals surface area (Å²) in [5, 5.41) is 6.09. The maximum atomic E-state index is 11.9. The zero-order valence-electron chi connectivity index (χ0n) is 13.8. The maximum absolute atomic E-state index is 11.9. The van der Waals surface area contributed by atoms with Crippen LogP contribution in [0.25, 0.3) is 0 Å². The zero-order valence-corrected chi connectivity index (χ0v) is 14.6. The molecule has 0 saturated carbocycles. The molecule has 2 aromatic rings. The lowest BCUT2D eigenvalue weighted by Crippen LogP contribution is -2.27. The van der Waals surface area contributed by atoms with E-state index in [0.717, 1.165) is 5.56 Å². The van der Waals surface area contributed by atoms with Gasteiger partial charge in [-0.25, -0.2) is 0 Å². The quantitative estimate of drug-likeness (QED) is 0.775. The van der Waals surface area contributed by atoms with Gasteiger partial charge < -0.3 is 10.6 Å². The summed E-state index contributed by atoms with van der Waals surface area (Å²) in [6, 6.07) is 14.8. The predicted molar refractivity (Wildman–Crippen MR) is 97.1 cm³/mol. The number of halogens is 1. The number of amides is 2. The number of anilines is 1. The first-order chi connectivity index (χ1) is 11.4. The Morgan fingerprint density at radius 2 is 1.58 bits per heavy atom. The molecule has 126 valence electrons. The van der Waals surface area contributed by atoms with Crippen molar-refractivity contribution in [1.82, 2.24) is 5.32 Å². The van der Waals surface area contributed by atoms with E-state index in [0.29, 0.717) is 23.2 Å². The third kappa shape index (κ3) is 5.70. The molecule has 0 unspecified atom stereocenters. The van der Waals surface area contributed by atoms with Crippen LogP contribution in [0, 0.1) is 0 Å². The van der Waals surface area contributed by atoms with Crippen molar-refractivity contribution in [3.63, 3.8) is 0 Å². The minimum atomic E-state index is -0.332. The second-order valence-corrected chi connectivity index (χ2v) is 6.34. The molecule has 5 heteroatoms. The average Bonchev–Trinajstić information content (AvgIpc) is 2.54. The van der Waals surface area contributed by atoms with Crippen LogP contribution in [0.4, 0.5) is 5.69 Å². The Kier molecular flexibility index (Phi) is 6.38. The number of rotatable bonds is 6. The summed E-state index contributed by atoms with van der Waals surface area (Å²) < 4.78 is 0. The van der Waals surface area contributed by atoms with Crippen LogP contribution in [-0.4, -0.2) is 11.8 Å². The fourth-order valence-corrected chi connectivity index (χ4v) is 2.29. The normalized spacial score (nSPS) is 10.5. The molecule has 24 heavy (non-hydrogen) atoms. The summed E-state index contributed by atoms with van der Waals surface area (Å²) in [7, 11) is 0. The lowest BCUT2D eigenvalue weighted by molar-refractivity contribution is -0.126. The van der Waals surface area contributed by atoms with Crippen molar-refractivity contribution < 1.29 is 9.59 Å². The van der Waals surface area contributed by atoms with Crippen LogP contribution in [0.15, 0.2) is 48.5 Å².